The number of carbonyl (C=O) groups is 1. The lowest BCUT2D eigenvalue weighted by Crippen LogP contribution is -2.33. The third-order valence-electron chi connectivity index (χ3n) is 3.94. The Morgan fingerprint density at radius 2 is 2.05 bits per heavy atom. The van der Waals surface area contributed by atoms with Gasteiger partial charge in [-0.15, -0.1) is 0 Å². The van der Waals surface area contributed by atoms with Crippen molar-refractivity contribution in [2.24, 2.45) is 0 Å². The molecule has 4 nitrogen and oxygen atoms in total. The van der Waals surface area contributed by atoms with Crippen LogP contribution in [-0.2, 0) is 6.42 Å². The predicted molar refractivity (Wildman–Crippen MR) is 76.7 cm³/mol. The van der Waals surface area contributed by atoms with Crippen LogP contribution in [0.3, 0.4) is 0 Å². The summed E-state index contributed by atoms with van der Waals surface area (Å²) in [5.41, 5.74) is 2.34. The van der Waals surface area contributed by atoms with Crippen LogP contribution in [0.1, 0.15) is 33.9 Å². The molecule has 0 radical (unpaired) electrons. The molecule has 0 aliphatic heterocycles. The first-order valence-corrected chi connectivity index (χ1v) is 6.71. The number of nitrogens with one attached hydrogen (secondary N) is 1. The maximum atomic E-state index is 12.5. The topological polar surface area (TPSA) is 53.2 Å². The molecule has 0 spiro atoms. The number of aryl methyl sites for hydroxylation is 1. The van der Waals surface area contributed by atoms with Gasteiger partial charge in [-0.05, 0) is 36.1 Å². The van der Waals surface area contributed by atoms with Gasteiger partial charge in [0.05, 0.1) is 6.04 Å². The lowest BCUT2D eigenvalue weighted by molar-refractivity contribution is 0.0729. The van der Waals surface area contributed by atoms with E-state index in [1.54, 1.807) is 24.1 Å². The van der Waals surface area contributed by atoms with Crippen molar-refractivity contribution < 1.29 is 4.79 Å². The maximum Gasteiger partial charge on any atom is 0.260 e. The van der Waals surface area contributed by atoms with E-state index < -0.39 is 0 Å². The van der Waals surface area contributed by atoms with E-state index >= 15 is 0 Å². The van der Waals surface area contributed by atoms with E-state index in [1.165, 1.54) is 17.3 Å². The Morgan fingerprint density at radius 3 is 2.85 bits per heavy atom. The van der Waals surface area contributed by atoms with Gasteiger partial charge in [-0.2, -0.15) is 0 Å². The second-order valence-corrected chi connectivity index (χ2v) is 5.08. The number of benzene rings is 1. The van der Waals surface area contributed by atoms with Crippen LogP contribution >= 0.6 is 0 Å². The number of aromatic nitrogens is 1. The number of carbonyl (C=O) groups excluding carboxylic acids is 1. The molecule has 20 heavy (non-hydrogen) atoms. The van der Waals surface area contributed by atoms with Crippen LogP contribution in [0.4, 0.5) is 0 Å². The number of nitrogens with zero attached hydrogens (tertiary/aromatic N) is 1. The molecule has 0 fully saturated rings. The fraction of sp³-hybridized carbons (Fsp3) is 0.250. The molecular weight excluding hydrogens is 252 g/mol. The number of pyridine rings is 1. The molecule has 0 bridgehead atoms. The molecule has 1 atom stereocenters. The Morgan fingerprint density at radius 1 is 1.25 bits per heavy atom. The Hall–Kier alpha value is -2.36. The van der Waals surface area contributed by atoms with Crippen molar-refractivity contribution in [3.05, 3.63) is 69.6 Å². The third-order valence-corrected chi connectivity index (χ3v) is 3.94. The average Bonchev–Trinajstić information content (AvgIpc) is 2.90. The molecule has 1 N–H and O–H groups in total. The summed E-state index contributed by atoms with van der Waals surface area (Å²) in [6.07, 6.45) is 3.42. The van der Waals surface area contributed by atoms with Crippen LogP contribution in [0.15, 0.2) is 47.4 Å². The highest BCUT2D eigenvalue weighted by atomic mass is 16.2. The highest BCUT2D eigenvalue weighted by molar-refractivity contribution is 5.94. The first-order chi connectivity index (χ1) is 9.68. The molecule has 0 saturated carbocycles. The fourth-order valence-corrected chi connectivity index (χ4v) is 2.86. The van der Waals surface area contributed by atoms with Crippen molar-refractivity contribution in [3.63, 3.8) is 0 Å². The molecule has 1 aliphatic carbocycles. The zero-order valence-electron chi connectivity index (χ0n) is 11.3. The number of amides is 1. The molecule has 3 rings (SSSR count). The Kier molecular flexibility index (Phi) is 3.14. The normalized spacial score (nSPS) is 16.8. The van der Waals surface area contributed by atoms with Gasteiger partial charge in [0.2, 0.25) is 0 Å². The van der Waals surface area contributed by atoms with E-state index in [9.17, 15) is 9.59 Å². The van der Waals surface area contributed by atoms with Crippen molar-refractivity contribution in [3.8, 4) is 0 Å². The van der Waals surface area contributed by atoms with Gasteiger partial charge in [0.25, 0.3) is 11.5 Å². The van der Waals surface area contributed by atoms with E-state index in [2.05, 4.69) is 17.1 Å². The molecule has 1 aromatic heterocycles. The van der Waals surface area contributed by atoms with Gasteiger partial charge in [0.1, 0.15) is 5.56 Å². The van der Waals surface area contributed by atoms with Gasteiger partial charge in [0.15, 0.2) is 0 Å². The number of rotatable bonds is 2. The first-order valence-electron chi connectivity index (χ1n) is 6.71. The number of hydrogen-bond acceptors (Lipinski definition) is 2. The van der Waals surface area contributed by atoms with E-state index in [0.29, 0.717) is 0 Å². The Balaban J connectivity index is 1.91. The van der Waals surface area contributed by atoms with Gasteiger partial charge >= 0.3 is 0 Å². The van der Waals surface area contributed by atoms with Crippen LogP contribution in [0.25, 0.3) is 0 Å². The number of H-pyrrole nitrogens is 1. The van der Waals surface area contributed by atoms with E-state index in [-0.39, 0.29) is 23.1 Å². The third kappa shape index (κ3) is 2.03. The summed E-state index contributed by atoms with van der Waals surface area (Å²) in [5.74, 6) is -0.228. The Labute approximate surface area is 117 Å². The first kappa shape index (κ1) is 12.7. The summed E-state index contributed by atoms with van der Waals surface area (Å²) in [6.45, 7) is 0. The average molecular weight is 268 g/mol. The van der Waals surface area contributed by atoms with Crippen molar-refractivity contribution in [2.75, 3.05) is 7.05 Å². The summed E-state index contributed by atoms with van der Waals surface area (Å²) >= 11 is 0. The summed E-state index contributed by atoms with van der Waals surface area (Å²) in [7, 11) is 1.77. The predicted octanol–water partition coefficient (Wildman–Crippen LogP) is 2.13. The minimum Gasteiger partial charge on any atom is -0.334 e. The smallest absolute Gasteiger partial charge is 0.260 e. The van der Waals surface area contributed by atoms with E-state index in [1.807, 2.05) is 12.1 Å². The summed E-state index contributed by atoms with van der Waals surface area (Å²) in [6, 6.07) is 11.5. The second kappa shape index (κ2) is 4.96. The van der Waals surface area contributed by atoms with Crippen LogP contribution in [0.2, 0.25) is 0 Å². The molecule has 1 amide bonds. The molecule has 0 saturated heterocycles. The van der Waals surface area contributed by atoms with Crippen LogP contribution in [-0.4, -0.2) is 22.8 Å². The second-order valence-electron chi connectivity index (χ2n) is 5.08. The Bertz CT molecular complexity index is 705. The molecular formula is C16H16N2O2. The van der Waals surface area contributed by atoms with Gasteiger partial charge in [-0.25, -0.2) is 0 Å². The number of hydrogen-bond donors (Lipinski definition) is 1. The SMILES string of the molecule is CN(C(=O)c1ccc[nH]c1=O)C1CCc2ccccc21. The highest BCUT2D eigenvalue weighted by Crippen LogP contribution is 2.35. The minimum absolute atomic E-state index is 0.0540. The molecule has 1 aliphatic rings. The van der Waals surface area contributed by atoms with Crippen molar-refractivity contribution in [1.82, 2.24) is 9.88 Å². The standard InChI is InChI=1S/C16H16N2O2/c1-18(16(20)13-7-4-10-17-15(13)19)14-9-8-11-5-2-3-6-12(11)14/h2-7,10,14H,8-9H2,1H3,(H,17,19). The van der Waals surface area contributed by atoms with Crippen molar-refractivity contribution >= 4 is 5.91 Å². The van der Waals surface area contributed by atoms with Crippen LogP contribution in [0.5, 0.6) is 0 Å². The van der Waals surface area contributed by atoms with E-state index in [0.717, 1.165) is 12.8 Å². The van der Waals surface area contributed by atoms with Crippen LogP contribution in [0, 0.1) is 0 Å². The summed E-state index contributed by atoms with van der Waals surface area (Å²) in [4.78, 5) is 28.4. The molecule has 1 unspecified atom stereocenters. The van der Waals surface area contributed by atoms with Gasteiger partial charge < -0.3 is 9.88 Å². The summed E-state index contributed by atoms with van der Waals surface area (Å²) in [5, 5.41) is 0. The maximum absolute atomic E-state index is 12.5. The summed E-state index contributed by atoms with van der Waals surface area (Å²) < 4.78 is 0. The molecule has 1 aromatic carbocycles. The fourth-order valence-electron chi connectivity index (χ4n) is 2.86. The van der Waals surface area contributed by atoms with Gasteiger partial charge in [0, 0.05) is 13.2 Å². The molecule has 102 valence electrons. The van der Waals surface area contributed by atoms with Gasteiger partial charge in [-0.1, -0.05) is 24.3 Å². The number of fused-ring (bicyclic) bond motifs is 1. The number of aromatic amines is 1. The quantitative estimate of drug-likeness (QED) is 0.907. The zero-order chi connectivity index (χ0) is 14.1. The lowest BCUT2D eigenvalue weighted by atomic mass is 10.1. The monoisotopic (exact) mass is 268 g/mol. The minimum atomic E-state index is -0.337. The van der Waals surface area contributed by atoms with Crippen molar-refractivity contribution in [1.29, 1.82) is 0 Å². The largest absolute Gasteiger partial charge is 0.334 e. The zero-order valence-corrected chi connectivity index (χ0v) is 11.3. The molecule has 2 aromatic rings. The highest BCUT2D eigenvalue weighted by Gasteiger charge is 2.29. The van der Waals surface area contributed by atoms with Crippen molar-refractivity contribution in [2.45, 2.75) is 18.9 Å². The van der Waals surface area contributed by atoms with Crippen LogP contribution < -0.4 is 5.56 Å². The lowest BCUT2D eigenvalue weighted by Gasteiger charge is -2.25. The van der Waals surface area contributed by atoms with Gasteiger partial charge in [-0.3, -0.25) is 9.59 Å². The molecule has 4 heteroatoms. The molecule has 1 heterocycles. The van der Waals surface area contributed by atoms with E-state index in [4.69, 9.17) is 0 Å².